The molecule has 10 rings (SSSR count). The fourth-order valence-electron chi connectivity index (χ4n) is 7.27. The van der Waals surface area contributed by atoms with Gasteiger partial charge in [-0.1, -0.05) is 139 Å². The molecule has 0 bridgehead atoms. The van der Waals surface area contributed by atoms with Crippen molar-refractivity contribution < 1.29 is 0 Å². The number of nitrogens with zero attached hydrogens (tertiary/aromatic N) is 2. The largest absolute Gasteiger partial charge is 0.353 e. The second-order valence-electron chi connectivity index (χ2n) is 11.9. The Balaban J connectivity index is 0.000000157. The molecule has 9 aromatic rings. The smallest absolute Gasteiger partial charge is 0.0804 e. The van der Waals surface area contributed by atoms with E-state index in [1.807, 2.05) is 84.9 Å². The molecule has 0 saturated carbocycles. The van der Waals surface area contributed by atoms with E-state index in [-0.39, 0.29) is 7.43 Å². The van der Waals surface area contributed by atoms with Crippen LogP contribution in [0.4, 0.5) is 0 Å². The van der Waals surface area contributed by atoms with E-state index < -0.39 is 0 Å². The zero-order valence-corrected chi connectivity index (χ0v) is 28.3. The molecule has 1 aliphatic rings. The zero-order valence-electron chi connectivity index (χ0n) is 25.3. The van der Waals surface area contributed by atoms with Gasteiger partial charge in [0.1, 0.15) is 0 Å². The number of aromatic amines is 1. The van der Waals surface area contributed by atoms with Crippen LogP contribution in [0.5, 0.6) is 0 Å². The summed E-state index contributed by atoms with van der Waals surface area (Å²) >= 11 is 26.0. The first kappa shape index (κ1) is 31.6. The van der Waals surface area contributed by atoms with Crippen molar-refractivity contribution in [3.05, 3.63) is 165 Å². The fourth-order valence-corrected chi connectivity index (χ4v) is 8.25. The molecule has 0 fully saturated rings. The maximum Gasteiger partial charge on any atom is 0.0804 e. The highest BCUT2D eigenvalue weighted by molar-refractivity contribution is 6.39. The van der Waals surface area contributed by atoms with Gasteiger partial charge in [-0.25, -0.2) is 0 Å². The second kappa shape index (κ2) is 12.4. The third-order valence-corrected chi connectivity index (χ3v) is 10.5. The lowest BCUT2D eigenvalue weighted by molar-refractivity contribution is 1.17. The van der Waals surface area contributed by atoms with Crippen molar-refractivity contribution in [2.24, 2.45) is 0 Å². The number of aromatic nitrogens is 3. The van der Waals surface area contributed by atoms with Crippen LogP contribution in [0.1, 0.15) is 18.6 Å². The van der Waals surface area contributed by atoms with Gasteiger partial charge >= 0.3 is 0 Å². The van der Waals surface area contributed by atoms with Crippen molar-refractivity contribution in [3.63, 3.8) is 0 Å². The van der Waals surface area contributed by atoms with E-state index in [0.717, 1.165) is 81.9 Å². The van der Waals surface area contributed by atoms with Crippen molar-refractivity contribution in [3.8, 4) is 22.6 Å². The third kappa shape index (κ3) is 4.87. The van der Waals surface area contributed by atoms with Crippen LogP contribution in [0.15, 0.2) is 133 Å². The predicted octanol–water partition coefficient (Wildman–Crippen LogP) is 13.7. The summed E-state index contributed by atoms with van der Waals surface area (Å²) in [6, 6.07) is 44.9. The first-order valence-corrected chi connectivity index (χ1v) is 17.1. The monoisotopic (exact) mass is 715 g/mol. The molecule has 7 heteroatoms. The summed E-state index contributed by atoms with van der Waals surface area (Å²) in [5, 5.41) is 6.45. The molecule has 3 nitrogen and oxygen atoms in total. The molecule has 0 saturated heterocycles. The molecule has 0 radical (unpaired) electrons. The van der Waals surface area contributed by atoms with Crippen LogP contribution in [0.25, 0.3) is 66.4 Å². The van der Waals surface area contributed by atoms with Crippen LogP contribution in [-0.2, 0) is 6.42 Å². The standard InChI is InChI=1S/C26H16Cl2N2.C15H9Cl2N.CH4/c27-21-15-7-13-19-23(21)29(17-9-3-1-4-10-17)25-20-14-8-16-22(28)24(20)30(26(19)25)18-11-5-2-6-12-18;16-12-5-1-3-8-10(12)7-11-9-4-2-6-13(17)15(9)18-14(8)11;/h1-16H;1-6,18H,7H2;1H4. The van der Waals surface area contributed by atoms with E-state index in [1.54, 1.807) is 0 Å². The summed E-state index contributed by atoms with van der Waals surface area (Å²) in [5.41, 5.74) is 12.2. The van der Waals surface area contributed by atoms with Crippen molar-refractivity contribution in [1.29, 1.82) is 0 Å². The van der Waals surface area contributed by atoms with Gasteiger partial charge in [-0.15, -0.1) is 0 Å². The Morgan fingerprint density at radius 1 is 0.429 bits per heavy atom. The zero-order chi connectivity index (χ0) is 32.5. The normalized spacial score (nSPS) is 11.8. The van der Waals surface area contributed by atoms with E-state index in [9.17, 15) is 0 Å². The Labute approximate surface area is 303 Å². The highest BCUT2D eigenvalue weighted by Gasteiger charge is 2.26. The Hall–Kier alpha value is -4.64. The highest BCUT2D eigenvalue weighted by Crippen LogP contribution is 2.45. The number of fused-ring (bicyclic) bond motifs is 10. The summed E-state index contributed by atoms with van der Waals surface area (Å²) in [6.07, 6.45) is 0.880. The lowest BCUT2D eigenvalue weighted by atomic mass is 10.1. The highest BCUT2D eigenvalue weighted by atomic mass is 35.5. The quantitative estimate of drug-likeness (QED) is 0.184. The lowest BCUT2D eigenvalue weighted by Gasteiger charge is -2.10. The summed E-state index contributed by atoms with van der Waals surface area (Å²) in [5.74, 6) is 0. The summed E-state index contributed by atoms with van der Waals surface area (Å²) in [6.45, 7) is 0. The molecule has 49 heavy (non-hydrogen) atoms. The molecule has 3 heterocycles. The van der Waals surface area contributed by atoms with Gasteiger partial charge in [0, 0.05) is 44.5 Å². The molecule has 0 spiro atoms. The minimum atomic E-state index is 0. The topological polar surface area (TPSA) is 25.6 Å². The molecular weight excluding hydrogens is 688 g/mol. The first-order chi connectivity index (χ1) is 23.5. The van der Waals surface area contributed by atoms with Gasteiger partial charge in [0.15, 0.2) is 0 Å². The average Bonchev–Trinajstić information content (AvgIpc) is 3.85. The van der Waals surface area contributed by atoms with Crippen LogP contribution < -0.4 is 0 Å². The second-order valence-corrected chi connectivity index (χ2v) is 13.5. The van der Waals surface area contributed by atoms with Crippen molar-refractivity contribution >= 4 is 90.1 Å². The number of nitrogens with one attached hydrogen (secondary N) is 1. The Bertz CT molecular complexity index is 2570. The molecule has 1 N–H and O–H groups in total. The molecular formula is C42H29Cl4N3. The predicted molar refractivity (Wildman–Crippen MR) is 211 cm³/mol. The average molecular weight is 718 g/mol. The van der Waals surface area contributed by atoms with Crippen LogP contribution in [0.3, 0.4) is 0 Å². The fraction of sp³-hybridized carbons (Fsp3) is 0.0476. The van der Waals surface area contributed by atoms with E-state index in [2.05, 4.69) is 62.6 Å². The number of hydrogen-bond acceptors (Lipinski definition) is 0. The number of para-hydroxylation sites is 5. The van der Waals surface area contributed by atoms with Gasteiger partial charge in [-0.3, -0.25) is 0 Å². The van der Waals surface area contributed by atoms with Crippen molar-refractivity contribution in [2.45, 2.75) is 13.8 Å². The van der Waals surface area contributed by atoms with Crippen molar-refractivity contribution in [2.75, 3.05) is 0 Å². The number of H-pyrrole nitrogens is 1. The molecule has 0 atom stereocenters. The number of halogens is 4. The summed E-state index contributed by atoms with van der Waals surface area (Å²) in [4.78, 5) is 3.44. The molecule has 0 unspecified atom stereocenters. The molecule has 240 valence electrons. The van der Waals surface area contributed by atoms with E-state index >= 15 is 0 Å². The van der Waals surface area contributed by atoms with Crippen LogP contribution in [0.2, 0.25) is 20.1 Å². The van der Waals surface area contributed by atoms with Gasteiger partial charge in [-0.05, 0) is 59.7 Å². The Morgan fingerprint density at radius 3 is 1.45 bits per heavy atom. The van der Waals surface area contributed by atoms with Gasteiger partial charge in [0.25, 0.3) is 0 Å². The SMILES string of the molecule is C.Clc1cccc2c1Cc1c-2[nH]c2c(Cl)cccc12.Clc1cccc2c1n(-c1ccccc1)c1c3cccc(Cl)c3n(-c3ccccc3)c21. The molecule has 0 aliphatic heterocycles. The van der Waals surface area contributed by atoms with E-state index in [0.29, 0.717) is 0 Å². The third-order valence-electron chi connectivity index (χ3n) is 9.26. The first-order valence-electron chi connectivity index (χ1n) is 15.6. The molecule has 1 aliphatic carbocycles. The van der Waals surface area contributed by atoms with Gasteiger partial charge < -0.3 is 14.1 Å². The minimum Gasteiger partial charge on any atom is -0.353 e. The molecule has 3 aromatic heterocycles. The maximum atomic E-state index is 6.77. The van der Waals surface area contributed by atoms with Gasteiger partial charge in [-0.2, -0.15) is 0 Å². The van der Waals surface area contributed by atoms with Gasteiger partial charge in [0.05, 0.1) is 48.3 Å². The van der Waals surface area contributed by atoms with Crippen LogP contribution >= 0.6 is 46.4 Å². The molecule has 6 aromatic carbocycles. The maximum absolute atomic E-state index is 6.77. The lowest BCUT2D eigenvalue weighted by Crippen LogP contribution is -1.94. The number of benzene rings is 6. The minimum absolute atomic E-state index is 0. The summed E-state index contributed by atoms with van der Waals surface area (Å²) in [7, 11) is 0. The van der Waals surface area contributed by atoms with Crippen LogP contribution in [-0.4, -0.2) is 14.1 Å². The van der Waals surface area contributed by atoms with Crippen molar-refractivity contribution in [1.82, 2.24) is 14.1 Å². The summed E-state index contributed by atoms with van der Waals surface area (Å²) < 4.78 is 4.51. The van der Waals surface area contributed by atoms with E-state index in [4.69, 9.17) is 46.4 Å². The number of hydrogen-bond donors (Lipinski definition) is 1. The van der Waals surface area contributed by atoms with Gasteiger partial charge in [0.2, 0.25) is 0 Å². The Morgan fingerprint density at radius 2 is 0.898 bits per heavy atom. The molecule has 0 amide bonds. The number of rotatable bonds is 2. The Kier molecular flexibility index (Phi) is 7.97. The van der Waals surface area contributed by atoms with E-state index in [1.165, 1.54) is 22.1 Å². The van der Waals surface area contributed by atoms with Crippen LogP contribution in [0, 0.1) is 0 Å².